The van der Waals surface area contributed by atoms with Gasteiger partial charge < -0.3 is 5.32 Å². The second-order valence-electron chi connectivity index (χ2n) is 3.58. The summed E-state index contributed by atoms with van der Waals surface area (Å²) in [6.07, 6.45) is 0. The van der Waals surface area contributed by atoms with Crippen molar-refractivity contribution in [2.75, 3.05) is 0 Å². The molecule has 92 valence electrons. The average molecular weight is 262 g/mol. The van der Waals surface area contributed by atoms with Gasteiger partial charge in [0.05, 0.1) is 9.80 Å². The predicted octanol–water partition coefficient (Wildman–Crippen LogP) is 2.59. The Balaban J connectivity index is 1.94. The second-order valence-corrected chi connectivity index (χ2v) is 4.53. The molecule has 1 aromatic heterocycles. The molecule has 0 unspecified atom stereocenters. The summed E-state index contributed by atoms with van der Waals surface area (Å²) in [5, 5.41) is 15.1. The maximum absolute atomic E-state index is 11.6. The molecule has 0 spiro atoms. The molecule has 1 aromatic carbocycles. The van der Waals surface area contributed by atoms with E-state index in [-0.39, 0.29) is 11.6 Å². The summed E-state index contributed by atoms with van der Waals surface area (Å²) in [5.41, 5.74) is 0.869. The van der Waals surface area contributed by atoms with E-state index in [9.17, 15) is 14.9 Å². The second kappa shape index (κ2) is 5.42. The van der Waals surface area contributed by atoms with E-state index in [1.165, 1.54) is 23.5 Å². The number of amides is 1. The first-order chi connectivity index (χ1) is 8.66. The van der Waals surface area contributed by atoms with E-state index in [1.54, 1.807) is 18.2 Å². The number of nitrogens with zero attached hydrogens (tertiary/aromatic N) is 1. The summed E-state index contributed by atoms with van der Waals surface area (Å²) in [5.74, 6) is -0.136. The molecule has 2 aromatic rings. The number of benzene rings is 1. The summed E-state index contributed by atoms with van der Waals surface area (Å²) >= 11 is 1.37. The van der Waals surface area contributed by atoms with Crippen LogP contribution in [0.5, 0.6) is 0 Å². The van der Waals surface area contributed by atoms with Crippen LogP contribution in [0.1, 0.15) is 15.2 Å². The van der Waals surface area contributed by atoms with Crippen molar-refractivity contribution < 1.29 is 9.72 Å². The molecule has 0 bridgehead atoms. The monoisotopic (exact) mass is 262 g/mol. The number of nitro groups is 1. The van der Waals surface area contributed by atoms with Crippen LogP contribution in [0, 0.1) is 10.1 Å². The minimum Gasteiger partial charge on any atom is -0.347 e. The Hall–Kier alpha value is -2.21. The lowest BCUT2D eigenvalue weighted by Gasteiger charge is -2.03. The standard InChI is InChI=1S/C12H10N2O3S/c15-12(11-2-1-7-18-11)13-8-9-3-5-10(6-4-9)14(16)17/h1-7H,8H2,(H,13,15). The van der Waals surface area contributed by atoms with Crippen molar-refractivity contribution >= 4 is 22.9 Å². The number of carbonyl (C=O) groups is 1. The topological polar surface area (TPSA) is 72.2 Å². The number of carbonyl (C=O) groups excluding carboxylic acids is 1. The molecular weight excluding hydrogens is 252 g/mol. The van der Waals surface area contributed by atoms with Crippen LogP contribution in [-0.2, 0) is 6.54 Å². The summed E-state index contributed by atoms with van der Waals surface area (Å²) in [4.78, 5) is 22.3. The van der Waals surface area contributed by atoms with Gasteiger partial charge in [-0.05, 0) is 17.0 Å². The number of nitro benzene ring substituents is 1. The van der Waals surface area contributed by atoms with E-state index in [0.717, 1.165) is 5.56 Å². The summed E-state index contributed by atoms with van der Waals surface area (Å²) in [7, 11) is 0. The number of thiophene rings is 1. The van der Waals surface area contributed by atoms with Crippen molar-refractivity contribution in [1.82, 2.24) is 5.32 Å². The smallest absolute Gasteiger partial charge is 0.269 e. The van der Waals surface area contributed by atoms with Crippen LogP contribution in [-0.4, -0.2) is 10.8 Å². The Morgan fingerprint density at radius 2 is 2.00 bits per heavy atom. The third kappa shape index (κ3) is 2.92. The normalized spacial score (nSPS) is 10.0. The van der Waals surface area contributed by atoms with Gasteiger partial charge in [-0.3, -0.25) is 14.9 Å². The van der Waals surface area contributed by atoms with Gasteiger partial charge in [-0.1, -0.05) is 18.2 Å². The zero-order valence-corrected chi connectivity index (χ0v) is 10.1. The molecule has 5 nitrogen and oxygen atoms in total. The Kier molecular flexibility index (Phi) is 3.69. The molecule has 18 heavy (non-hydrogen) atoms. The average Bonchev–Trinajstić information content (AvgIpc) is 2.90. The van der Waals surface area contributed by atoms with E-state index >= 15 is 0 Å². The van der Waals surface area contributed by atoms with Gasteiger partial charge in [0.15, 0.2) is 0 Å². The molecule has 0 aliphatic heterocycles. The summed E-state index contributed by atoms with van der Waals surface area (Å²) in [6.45, 7) is 0.356. The molecule has 0 saturated heterocycles. The maximum atomic E-state index is 11.6. The molecule has 0 aliphatic rings. The van der Waals surface area contributed by atoms with E-state index in [4.69, 9.17) is 0 Å². The van der Waals surface area contributed by atoms with E-state index in [0.29, 0.717) is 11.4 Å². The van der Waals surface area contributed by atoms with E-state index in [1.807, 2.05) is 11.4 Å². The van der Waals surface area contributed by atoms with Gasteiger partial charge in [0.25, 0.3) is 11.6 Å². The lowest BCUT2D eigenvalue weighted by atomic mass is 10.2. The first-order valence-electron chi connectivity index (χ1n) is 5.22. The van der Waals surface area contributed by atoms with Crippen LogP contribution in [0.25, 0.3) is 0 Å². The van der Waals surface area contributed by atoms with Gasteiger partial charge in [0, 0.05) is 18.7 Å². The zero-order chi connectivity index (χ0) is 13.0. The van der Waals surface area contributed by atoms with Crippen LogP contribution >= 0.6 is 11.3 Å². The number of hydrogen-bond acceptors (Lipinski definition) is 4. The molecule has 1 N–H and O–H groups in total. The fourth-order valence-corrected chi connectivity index (χ4v) is 2.05. The number of nitrogens with one attached hydrogen (secondary N) is 1. The Morgan fingerprint density at radius 3 is 2.56 bits per heavy atom. The van der Waals surface area contributed by atoms with Crippen molar-refractivity contribution in [2.45, 2.75) is 6.54 Å². The molecule has 0 radical (unpaired) electrons. The quantitative estimate of drug-likeness (QED) is 0.680. The fourth-order valence-electron chi connectivity index (χ4n) is 1.41. The molecule has 1 amide bonds. The Bertz CT molecular complexity index is 549. The van der Waals surface area contributed by atoms with E-state index in [2.05, 4.69) is 5.32 Å². The van der Waals surface area contributed by atoms with Gasteiger partial charge in [0.1, 0.15) is 0 Å². The van der Waals surface area contributed by atoms with Gasteiger partial charge in [0.2, 0.25) is 0 Å². The third-order valence-corrected chi connectivity index (χ3v) is 3.21. The lowest BCUT2D eigenvalue weighted by Crippen LogP contribution is -2.21. The molecule has 0 fully saturated rings. The minimum absolute atomic E-state index is 0.0448. The molecule has 1 heterocycles. The highest BCUT2D eigenvalue weighted by Crippen LogP contribution is 2.12. The van der Waals surface area contributed by atoms with Gasteiger partial charge in [-0.15, -0.1) is 11.3 Å². The van der Waals surface area contributed by atoms with Crippen LogP contribution < -0.4 is 5.32 Å². The lowest BCUT2D eigenvalue weighted by molar-refractivity contribution is -0.384. The molecule has 0 aliphatic carbocycles. The molecule has 0 saturated carbocycles. The SMILES string of the molecule is O=C(NCc1ccc([N+](=O)[O-])cc1)c1cccs1. The zero-order valence-electron chi connectivity index (χ0n) is 9.33. The van der Waals surface area contributed by atoms with Crippen LogP contribution in [0.3, 0.4) is 0 Å². The van der Waals surface area contributed by atoms with Crippen molar-refractivity contribution in [1.29, 1.82) is 0 Å². The Morgan fingerprint density at radius 1 is 1.28 bits per heavy atom. The number of rotatable bonds is 4. The highest BCUT2D eigenvalue weighted by Gasteiger charge is 2.07. The Labute approximate surface area is 107 Å². The maximum Gasteiger partial charge on any atom is 0.269 e. The van der Waals surface area contributed by atoms with E-state index < -0.39 is 4.92 Å². The van der Waals surface area contributed by atoms with Crippen molar-refractivity contribution in [3.05, 3.63) is 62.3 Å². The molecule has 0 atom stereocenters. The largest absolute Gasteiger partial charge is 0.347 e. The fraction of sp³-hybridized carbons (Fsp3) is 0.0833. The molecule has 6 heteroatoms. The van der Waals surface area contributed by atoms with Crippen LogP contribution in [0.2, 0.25) is 0 Å². The molecular formula is C12H10N2O3S. The highest BCUT2D eigenvalue weighted by atomic mass is 32.1. The summed E-state index contributed by atoms with van der Waals surface area (Å²) in [6, 6.07) is 9.67. The summed E-state index contributed by atoms with van der Waals surface area (Å²) < 4.78 is 0. The first-order valence-corrected chi connectivity index (χ1v) is 6.10. The van der Waals surface area contributed by atoms with Gasteiger partial charge >= 0.3 is 0 Å². The molecule has 2 rings (SSSR count). The van der Waals surface area contributed by atoms with Gasteiger partial charge in [-0.2, -0.15) is 0 Å². The third-order valence-electron chi connectivity index (χ3n) is 2.35. The van der Waals surface area contributed by atoms with Crippen molar-refractivity contribution in [2.24, 2.45) is 0 Å². The van der Waals surface area contributed by atoms with Crippen molar-refractivity contribution in [3.8, 4) is 0 Å². The van der Waals surface area contributed by atoms with Gasteiger partial charge in [-0.25, -0.2) is 0 Å². The first kappa shape index (κ1) is 12.3. The van der Waals surface area contributed by atoms with Crippen LogP contribution in [0.4, 0.5) is 5.69 Å². The number of hydrogen-bond donors (Lipinski definition) is 1. The van der Waals surface area contributed by atoms with Crippen molar-refractivity contribution in [3.63, 3.8) is 0 Å². The minimum atomic E-state index is -0.450. The van der Waals surface area contributed by atoms with Crippen LogP contribution in [0.15, 0.2) is 41.8 Å². The number of non-ortho nitro benzene ring substituents is 1. The predicted molar refractivity (Wildman–Crippen MR) is 68.6 cm³/mol. The highest BCUT2D eigenvalue weighted by molar-refractivity contribution is 7.12.